The fraction of sp³-hybridized carbons (Fsp3) is 0.107. The van der Waals surface area contributed by atoms with Crippen LogP contribution < -0.4 is 0 Å². The highest BCUT2D eigenvalue weighted by Crippen LogP contribution is 2.55. The molecule has 0 aromatic heterocycles. The van der Waals surface area contributed by atoms with Crippen LogP contribution >= 0.6 is 0 Å². The van der Waals surface area contributed by atoms with Crippen molar-refractivity contribution in [1.29, 1.82) is 0 Å². The summed E-state index contributed by atoms with van der Waals surface area (Å²) in [5.41, 5.74) is 14.7. The number of fused-ring (bicyclic) bond motifs is 11. The Morgan fingerprint density at radius 2 is 0.532 bits per heavy atom. The Kier molecular flexibility index (Phi) is 7.35. The van der Waals surface area contributed by atoms with Crippen molar-refractivity contribution in [2.24, 2.45) is 0 Å². The van der Waals surface area contributed by atoms with Gasteiger partial charge in [0.25, 0.3) is 0 Å². The molecule has 0 fully saturated rings. The highest BCUT2D eigenvalue weighted by atomic mass is 19.4. The predicted molar refractivity (Wildman–Crippen MR) is 243 cm³/mol. The molecule has 0 bridgehead atoms. The van der Waals surface area contributed by atoms with Gasteiger partial charge < -0.3 is 0 Å². The molecular weight excluding hydrogens is 787 g/mol. The van der Waals surface area contributed by atoms with E-state index < -0.39 is 23.5 Å². The first kappa shape index (κ1) is 36.9. The van der Waals surface area contributed by atoms with E-state index in [2.05, 4.69) is 113 Å². The number of hydrogen-bond donors (Lipinski definition) is 0. The fourth-order valence-corrected chi connectivity index (χ4v) is 10.7. The van der Waals surface area contributed by atoms with Crippen molar-refractivity contribution in [1.82, 2.24) is 0 Å². The van der Waals surface area contributed by atoms with E-state index >= 15 is 0 Å². The Bertz CT molecular complexity index is 3410. The molecule has 0 spiro atoms. The zero-order chi connectivity index (χ0) is 42.7. The van der Waals surface area contributed by atoms with Gasteiger partial charge in [-0.25, -0.2) is 0 Å². The lowest BCUT2D eigenvalue weighted by atomic mass is 9.84. The largest absolute Gasteiger partial charge is 0.416 e. The van der Waals surface area contributed by atoms with E-state index in [1.54, 1.807) is 24.3 Å². The van der Waals surface area contributed by atoms with Crippen LogP contribution in [0.5, 0.6) is 0 Å². The summed E-state index contributed by atoms with van der Waals surface area (Å²) < 4.78 is 83.7. The Morgan fingerprint density at radius 1 is 0.274 bits per heavy atom. The van der Waals surface area contributed by atoms with Crippen molar-refractivity contribution in [3.63, 3.8) is 0 Å². The molecule has 0 nitrogen and oxygen atoms in total. The van der Waals surface area contributed by atoms with Crippen molar-refractivity contribution < 1.29 is 26.3 Å². The summed E-state index contributed by atoms with van der Waals surface area (Å²) in [7, 11) is 0. The van der Waals surface area contributed by atoms with Crippen molar-refractivity contribution in [2.45, 2.75) is 40.0 Å². The van der Waals surface area contributed by atoms with Crippen LogP contribution in [0.4, 0.5) is 26.3 Å². The van der Waals surface area contributed by atoms with E-state index in [1.807, 2.05) is 0 Å². The molecule has 62 heavy (non-hydrogen) atoms. The molecule has 0 saturated carbocycles. The molecule has 12 rings (SSSR count). The maximum absolute atomic E-state index is 13.9. The maximum atomic E-state index is 13.9. The number of halogens is 6. The van der Waals surface area contributed by atoms with E-state index in [1.165, 1.54) is 0 Å². The molecule has 10 aromatic rings. The zero-order valence-corrected chi connectivity index (χ0v) is 34.0. The molecule has 10 aromatic carbocycles. The second-order valence-electron chi connectivity index (χ2n) is 17.4. The van der Waals surface area contributed by atoms with Gasteiger partial charge in [-0.15, -0.1) is 0 Å². The van der Waals surface area contributed by atoms with Crippen LogP contribution in [0.2, 0.25) is 0 Å². The zero-order valence-electron chi connectivity index (χ0n) is 34.0. The van der Waals surface area contributed by atoms with E-state index in [0.29, 0.717) is 11.1 Å². The Labute approximate surface area is 352 Å². The average Bonchev–Trinajstić information content (AvgIpc) is 3.69. The third-order valence-corrected chi connectivity index (χ3v) is 13.2. The van der Waals surface area contributed by atoms with Crippen LogP contribution in [-0.2, 0) is 12.4 Å². The Balaban J connectivity index is 1.24. The average molecular weight is 821 g/mol. The van der Waals surface area contributed by atoms with Crippen LogP contribution in [0.1, 0.15) is 33.4 Å². The first-order valence-corrected chi connectivity index (χ1v) is 20.6. The Morgan fingerprint density at radius 3 is 0.823 bits per heavy atom. The minimum absolute atomic E-state index is 0.648. The van der Waals surface area contributed by atoms with Crippen molar-refractivity contribution >= 4 is 53.9 Å². The van der Waals surface area contributed by atoms with E-state index in [9.17, 15) is 26.3 Å². The highest BCUT2D eigenvalue weighted by molar-refractivity contribution is 6.29. The molecule has 0 atom stereocenters. The lowest BCUT2D eigenvalue weighted by Gasteiger charge is -2.19. The molecule has 6 heteroatoms. The van der Waals surface area contributed by atoms with Gasteiger partial charge in [-0.2, -0.15) is 26.3 Å². The number of alkyl halides is 6. The van der Waals surface area contributed by atoms with Gasteiger partial charge in [-0.3, -0.25) is 0 Å². The second-order valence-corrected chi connectivity index (χ2v) is 17.4. The number of aryl methyl sites for hydroxylation is 4. The van der Waals surface area contributed by atoms with Gasteiger partial charge in [0.15, 0.2) is 0 Å². The van der Waals surface area contributed by atoms with Crippen LogP contribution in [-0.4, -0.2) is 0 Å². The van der Waals surface area contributed by atoms with E-state index in [0.717, 1.165) is 156 Å². The van der Waals surface area contributed by atoms with Gasteiger partial charge in [-0.1, -0.05) is 72.8 Å². The second kappa shape index (κ2) is 12.3. The third-order valence-electron chi connectivity index (χ3n) is 13.2. The molecular formula is C56H34F6. The van der Waals surface area contributed by atoms with Gasteiger partial charge in [0.2, 0.25) is 0 Å². The molecule has 0 radical (unpaired) electrons. The minimum atomic E-state index is -4.49. The van der Waals surface area contributed by atoms with Gasteiger partial charge in [0.05, 0.1) is 11.1 Å². The minimum Gasteiger partial charge on any atom is -0.166 e. The number of benzene rings is 10. The van der Waals surface area contributed by atoms with E-state index in [4.69, 9.17) is 0 Å². The van der Waals surface area contributed by atoms with Crippen LogP contribution in [0.3, 0.4) is 0 Å². The van der Waals surface area contributed by atoms with Crippen LogP contribution in [0, 0.1) is 27.7 Å². The summed E-state index contributed by atoms with van der Waals surface area (Å²) in [6.07, 6.45) is -8.98. The lowest BCUT2D eigenvalue weighted by Crippen LogP contribution is -2.04. The number of hydrogen-bond acceptors (Lipinski definition) is 0. The summed E-state index contributed by atoms with van der Waals surface area (Å²) in [6, 6.07) is 41.5. The van der Waals surface area contributed by atoms with Crippen molar-refractivity contribution in [3.8, 4) is 66.8 Å². The summed E-state index contributed by atoms with van der Waals surface area (Å²) >= 11 is 0. The molecule has 2 aliphatic carbocycles. The molecule has 0 amide bonds. The van der Waals surface area contributed by atoms with Gasteiger partial charge in [-0.05, 0) is 231 Å². The molecule has 0 aliphatic heterocycles. The summed E-state index contributed by atoms with van der Waals surface area (Å²) in [5.74, 6) is 0. The smallest absolute Gasteiger partial charge is 0.166 e. The normalized spacial score (nSPS) is 13.0. The van der Waals surface area contributed by atoms with Gasteiger partial charge in [0, 0.05) is 0 Å². The van der Waals surface area contributed by atoms with Crippen LogP contribution in [0.15, 0.2) is 133 Å². The maximum Gasteiger partial charge on any atom is 0.416 e. The third kappa shape index (κ3) is 5.28. The summed E-state index contributed by atoms with van der Waals surface area (Å²) in [4.78, 5) is 0. The fourth-order valence-electron chi connectivity index (χ4n) is 10.7. The highest BCUT2D eigenvalue weighted by Gasteiger charge is 2.32. The van der Waals surface area contributed by atoms with Crippen molar-refractivity contribution in [2.75, 3.05) is 0 Å². The van der Waals surface area contributed by atoms with E-state index in [-0.39, 0.29) is 0 Å². The van der Waals surface area contributed by atoms with Gasteiger partial charge >= 0.3 is 12.4 Å². The monoisotopic (exact) mass is 820 g/mol. The quantitative estimate of drug-likeness (QED) is 0.120. The summed E-state index contributed by atoms with van der Waals surface area (Å²) in [6.45, 7) is 8.36. The predicted octanol–water partition coefficient (Wildman–Crippen LogP) is 17.4. The lowest BCUT2D eigenvalue weighted by molar-refractivity contribution is -0.138. The first-order chi connectivity index (χ1) is 29.6. The first-order valence-electron chi connectivity index (χ1n) is 20.6. The molecule has 2 aliphatic rings. The molecule has 0 saturated heterocycles. The standard InChI is InChI=1S/C56H34F6/c1-27-13-33-15-29(3)19-51-47-25-43-39(23-45(47)49(17-27)53(33)51)37(31-5-9-35(10-6-31)55(57,58)59)21-42-41(43)22-38(32-7-11-36(12-8-32)56(60,61)62)40-24-46-48(26-44(40)42)52-20-30(4)16-34-14-28(2)18-50(46)54(34)52/h5-26H,1-4H3. The molecule has 300 valence electrons. The van der Waals surface area contributed by atoms with Crippen LogP contribution in [0.25, 0.3) is 121 Å². The number of rotatable bonds is 2. The Hall–Kier alpha value is -6.92. The molecule has 0 unspecified atom stereocenters. The molecule has 0 N–H and O–H groups in total. The topological polar surface area (TPSA) is 0 Å². The molecule has 0 heterocycles. The van der Waals surface area contributed by atoms with Crippen molar-refractivity contribution in [3.05, 3.63) is 167 Å². The van der Waals surface area contributed by atoms with Gasteiger partial charge in [0.1, 0.15) is 0 Å². The SMILES string of the molecule is Cc1cc2c3c(cc(C)cc3c1)-c1cc3c(cc1-2)c(-c1ccc(C(F)(F)F)cc1)cc1c2cc4c(cc2c(-c2ccc(C(F)(F)F)cc2)cc31)-c1cc(C)cc2cc(C)cc-4c12. The summed E-state index contributed by atoms with van der Waals surface area (Å²) in [5, 5.41) is 9.98.